The van der Waals surface area contributed by atoms with Crippen LogP contribution in [0.4, 0.5) is 27.5 Å². The third kappa shape index (κ3) is 8.27. The summed E-state index contributed by atoms with van der Waals surface area (Å²) in [4.78, 5) is 80.2. The molecule has 4 amide bonds. The van der Waals surface area contributed by atoms with Crippen LogP contribution in [-0.4, -0.2) is 112 Å². The molecule has 4 aliphatic heterocycles. The fourth-order valence-electron chi connectivity index (χ4n) is 9.37. The number of pyridine rings is 1. The minimum absolute atomic E-state index is 0.0112. The molecule has 328 valence electrons. The zero-order chi connectivity index (χ0) is 44.0. The quantitative estimate of drug-likeness (QED) is 0.179. The van der Waals surface area contributed by atoms with Crippen LogP contribution in [-0.2, 0) is 20.9 Å². The van der Waals surface area contributed by atoms with E-state index >= 15 is 4.39 Å². The summed E-state index contributed by atoms with van der Waals surface area (Å²) in [6.07, 6.45) is 3.79. The van der Waals surface area contributed by atoms with Gasteiger partial charge < -0.3 is 34.6 Å². The lowest BCUT2D eigenvalue weighted by Gasteiger charge is -2.50. The molecule has 0 radical (unpaired) electrons. The molecule has 18 heteroatoms. The van der Waals surface area contributed by atoms with Gasteiger partial charge in [-0.25, -0.2) is 9.37 Å². The first-order chi connectivity index (χ1) is 29.6. The SMILES string of the molecule is CNC(=O)COc1cc2cc(Nc3nc(N4CCN(C(C)(C)C5CCN(c6cc(F)c7c(c6)CN(C6CCC(=O)NC6=O)C7=O)CC5)CC4)ncc3Cl)ccc2n(C(C)C)c1=O. The minimum atomic E-state index is -0.792. The number of likely N-dealkylation sites (N-methyl/N-ethyl adjacent to an activating group) is 1. The van der Waals surface area contributed by atoms with Crippen LogP contribution in [0.25, 0.3) is 10.9 Å². The summed E-state index contributed by atoms with van der Waals surface area (Å²) in [5, 5.41) is 9.22. The monoisotopic (exact) mass is 870 g/mol. The van der Waals surface area contributed by atoms with Crippen molar-refractivity contribution in [1.82, 2.24) is 35.0 Å². The van der Waals surface area contributed by atoms with Gasteiger partial charge in [-0.15, -0.1) is 0 Å². The van der Waals surface area contributed by atoms with Crippen LogP contribution in [0.2, 0.25) is 5.02 Å². The maximum atomic E-state index is 15.5. The van der Waals surface area contributed by atoms with Gasteiger partial charge in [-0.05, 0) is 94.8 Å². The predicted molar refractivity (Wildman–Crippen MR) is 234 cm³/mol. The number of hydrogen-bond donors (Lipinski definition) is 3. The highest BCUT2D eigenvalue weighted by atomic mass is 35.5. The smallest absolute Gasteiger partial charge is 0.293 e. The Labute approximate surface area is 363 Å². The number of amides is 4. The minimum Gasteiger partial charge on any atom is -0.478 e. The molecule has 0 bridgehead atoms. The highest BCUT2D eigenvalue weighted by Crippen LogP contribution is 2.38. The van der Waals surface area contributed by atoms with Gasteiger partial charge >= 0.3 is 0 Å². The van der Waals surface area contributed by atoms with Crippen molar-refractivity contribution >= 4 is 69.3 Å². The number of carbonyl (C=O) groups is 4. The van der Waals surface area contributed by atoms with Crippen molar-refractivity contribution in [2.24, 2.45) is 5.92 Å². The van der Waals surface area contributed by atoms with E-state index in [1.807, 2.05) is 38.1 Å². The van der Waals surface area contributed by atoms with Gasteiger partial charge in [-0.3, -0.25) is 34.2 Å². The van der Waals surface area contributed by atoms with Crippen molar-refractivity contribution < 1.29 is 28.3 Å². The molecule has 16 nitrogen and oxygen atoms in total. The molecule has 1 atom stereocenters. The molecule has 3 N–H and O–H groups in total. The number of rotatable bonds is 11. The number of piperidine rings is 2. The average Bonchev–Trinajstić information content (AvgIpc) is 3.59. The topological polar surface area (TPSA) is 174 Å². The first-order valence-corrected chi connectivity index (χ1v) is 21.5. The Balaban J connectivity index is 0.887. The number of piperazine rings is 1. The summed E-state index contributed by atoms with van der Waals surface area (Å²) in [5.74, 6) is -0.833. The lowest BCUT2D eigenvalue weighted by molar-refractivity contribution is -0.137. The zero-order valence-electron chi connectivity index (χ0n) is 35.6. The molecule has 0 aliphatic carbocycles. The summed E-state index contributed by atoms with van der Waals surface area (Å²) in [5.41, 5.74) is 2.31. The van der Waals surface area contributed by atoms with Crippen molar-refractivity contribution in [3.05, 3.63) is 74.9 Å². The van der Waals surface area contributed by atoms with E-state index in [4.69, 9.17) is 21.3 Å². The third-order valence-electron chi connectivity index (χ3n) is 12.9. The Morgan fingerprint density at radius 3 is 2.44 bits per heavy atom. The van der Waals surface area contributed by atoms with Crippen LogP contribution in [0.15, 0.2) is 47.4 Å². The van der Waals surface area contributed by atoms with E-state index in [0.29, 0.717) is 47.0 Å². The molecule has 0 spiro atoms. The second kappa shape index (κ2) is 17.2. The molecular formula is C44H52ClFN10O6. The maximum Gasteiger partial charge on any atom is 0.293 e. The number of fused-ring (bicyclic) bond motifs is 2. The number of nitrogens with zero attached hydrogens (tertiary/aromatic N) is 7. The Morgan fingerprint density at radius 1 is 1.00 bits per heavy atom. The van der Waals surface area contributed by atoms with Crippen LogP contribution in [0.3, 0.4) is 0 Å². The lowest BCUT2D eigenvalue weighted by atomic mass is 9.78. The fourth-order valence-corrected chi connectivity index (χ4v) is 9.51. The lowest BCUT2D eigenvalue weighted by Crippen LogP contribution is -2.59. The number of imide groups is 1. The Morgan fingerprint density at radius 2 is 1.74 bits per heavy atom. The van der Waals surface area contributed by atoms with Gasteiger partial charge in [0.15, 0.2) is 18.2 Å². The standard InChI is InChI=1S/C44H52ClFN10O6/c1-25(2)56-33-7-6-29(18-26(33)20-35(41(56)60)62-24-37(58)47-5)49-39-31(45)22-48-43(51-39)53-14-16-54(17-15-53)44(3,4)28-10-12-52(13-11-28)30-19-27-23-55(42(61)38(27)32(46)21-30)34-8-9-36(57)50-40(34)59/h6-7,18-22,25,28,34H,8-17,23-24H2,1-5H3,(H,47,58)(H,48,49,51)(H,50,57,59). The molecule has 3 saturated heterocycles. The van der Waals surface area contributed by atoms with E-state index in [2.05, 4.69) is 49.5 Å². The normalized spacial score (nSPS) is 19.0. The fraction of sp³-hybridized carbons (Fsp3) is 0.477. The average molecular weight is 871 g/mol. The van der Waals surface area contributed by atoms with Gasteiger partial charge in [0, 0.05) is 87.6 Å². The summed E-state index contributed by atoms with van der Waals surface area (Å²) in [7, 11) is 1.51. The number of benzene rings is 2. The molecule has 3 fully saturated rings. The van der Waals surface area contributed by atoms with Crippen LogP contribution in [0.5, 0.6) is 5.75 Å². The summed E-state index contributed by atoms with van der Waals surface area (Å²) < 4.78 is 22.8. The van der Waals surface area contributed by atoms with Gasteiger partial charge in [0.05, 0.1) is 17.3 Å². The summed E-state index contributed by atoms with van der Waals surface area (Å²) >= 11 is 6.62. The van der Waals surface area contributed by atoms with E-state index < -0.39 is 23.7 Å². The van der Waals surface area contributed by atoms with E-state index in [9.17, 15) is 24.0 Å². The Bertz CT molecular complexity index is 2500. The number of nitrogens with one attached hydrogen (secondary N) is 3. The van der Waals surface area contributed by atoms with E-state index in [0.717, 1.165) is 55.6 Å². The third-order valence-corrected chi connectivity index (χ3v) is 13.2. The molecule has 8 rings (SSSR count). The first kappa shape index (κ1) is 42.9. The van der Waals surface area contributed by atoms with Crippen molar-refractivity contribution in [3.63, 3.8) is 0 Å². The molecule has 6 heterocycles. The molecule has 4 aromatic rings. The van der Waals surface area contributed by atoms with E-state index in [1.165, 1.54) is 18.0 Å². The van der Waals surface area contributed by atoms with Gasteiger partial charge in [0.25, 0.3) is 17.4 Å². The molecule has 62 heavy (non-hydrogen) atoms. The van der Waals surface area contributed by atoms with E-state index in [1.54, 1.807) is 16.8 Å². The summed E-state index contributed by atoms with van der Waals surface area (Å²) in [6.45, 7) is 12.8. The number of halogens is 2. The van der Waals surface area contributed by atoms with Crippen LogP contribution < -0.4 is 36.0 Å². The highest BCUT2D eigenvalue weighted by molar-refractivity contribution is 6.33. The zero-order valence-corrected chi connectivity index (χ0v) is 36.4. The molecule has 2 aromatic carbocycles. The maximum absolute atomic E-state index is 15.5. The van der Waals surface area contributed by atoms with Crippen LogP contribution >= 0.6 is 11.6 Å². The van der Waals surface area contributed by atoms with Gasteiger partial charge in [-0.1, -0.05) is 11.6 Å². The largest absolute Gasteiger partial charge is 0.478 e. The van der Waals surface area contributed by atoms with Crippen molar-refractivity contribution in [2.45, 2.75) is 77.5 Å². The van der Waals surface area contributed by atoms with Gasteiger partial charge in [0.1, 0.15) is 16.9 Å². The number of ether oxygens (including phenoxy) is 1. The van der Waals surface area contributed by atoms with E-state index in [-0.39, 0.29) is 66.3 Å². The van der Waals surface area contributed by atoms with Crippen molar-refractivity contribution in [3.8, 4) is 5.75 Å². The molecular weight excluding hydrogens is 819 g/mol. The molecule has 0 saturated carbocycles. The Hall–Kier alpha value is -5.81. The van der Waals surface area contributed by atoms with Crippen LogP contribution in [0, 0.1) is 11.7 Å². The Kier molecular flexibility index (Phi) is 11.9. The molecule has 4 aliphatic rings. The number of carbonyl (C=O) groups excluding carboxylic acids is 4. The second-order valence-corrected chi connectivity index (χ2v) is 17.7. The van der Waals surface area contributed by atoms with Gasteiger partial charge in [-0.2, -0.15) is 4.98 Å². The van der Waals surface area contributed by atoms with Gasteiger partial charge in [0.2, 0.25) is 17.8 Å². The molecule has 2 aromatic heterocycles. The number of aromatic nitrogens is 3. The van der Waals surface area contributed by atoms with Crippen molar-refractivity contribution in [2.75, 3.05) is 68.0 Å². The second-order valence-electron chi connectivity index (χ2n) is 17.3. The molecule has 1 unspecified atom stereocenters. The first-order valence-electron chi connectivity index (χ1n) is 21.2. The van der Waals surface area contributed by atoms with Crippen LogP contribution in [0.1, 0.15) is 75.3 Å². The number of anilines is 4. The highest BCUT2D eigenvalue weighted by Gasteiger charge is 2.42. The predicted octanol–water partition coefficient (Wildman–Crippen LogP) is 4.61. The van der Waals surface area contributed by atoms with Crippen molar-refractivity contribution in [1.29, 1.82) is 0 Å². The number of hydrogen-bond acceptors (Lipinski definition) is 12. The summed E-state index contributed by atoms with van der Waals surface area (Å²) in [6, 6.07) is 9.62.